The number of nitrogens with zero attached hydrogens (tertiary/aromatic N) is 2. The van der Waals surface area contributed by atoms with Crippen LogP contribution in [0.4, 0.5) is 5.69 Å². The number of benzene rings is 1. The lowest BCUT2D eigenvalue weighted by Gasteiger charge is -2.35. The first-order valence-corrected chi connectivity index (χ1v) is 11.2. The molecule has 0 atom stereocenters. The number of guanidine groups is 1. The van der Waals surface area contributed by atoms with Gasteiger partial charge in [0.15, 0.2) is 5.96 Å². The van der Waals surface area contributed by atoms with Gasteiger partial charge >= 0.3 is 0 Å². The highest BCUT2D eigenvalue weighted by Gasteiger charge is 2.23. The maximum atomic E-state index is 12.4. The Hall–Kier alpha value is -1.35. The molecule has 0 spiro atoms. The average molecular weight is 527 g/mol. The van der Waals surface area contributed by atoms with E-state index in [0.29, 0.717) is 18.6 Å². The summed E-state index contributed by atoms with van der Waals surface area (Å²) in [5, 5.41) is 10.1. The first-order chi connectivity index (χ1) is 14.0. The van der Waals surface area contributed by atoms with E-state index in [1.165, 1.54) is 12.8 Å². The molecule has 1 saturated heterocycles. The van der Waals surface area contributed by atoms with Gasteiger partial charge in [-0.2, -0.15) is 0 Å². The van der Waals surface area contributed by atoms with Gasteiger partial charge in [-0.25, -0.2) is 0 Å². The number of rotatable bonds is 6. The minimum absolute atomic E-state index is 0. The molecule has 3 N–H and O–H groups in total. The lowest BCUT2D eigenvalue weighted by molar-refractivity contribution is -0.119. The molecular weight excluding hydrogens is 489 g/mol. The molecule has 168 valence electrons. The van der Waals surface area contributed by atoms with Gasteiger partial charge in [0, 0.05) is 50.4 Å². The molecular formula is C23H38IN5O. The van der Waals surface area contributed by atoms with Gasteiger partial charge in [-0.15, -0.1) is 24.0 Å². The van der Waals surface area contributed by atoms with Crippen molar-refractivity contribution in [2.45, 2.75) is 71.0 Å². The van der Waals surface area contributed by atoms with Gasteiger partial charge in [0.25, 0.3) is 0 Å². The van der Waals surface area contributed by atoms with Crippen molar-refractivity contribution in [3.8, 4) is 0 Å². The monoisotopic (exact) mass is 527 g/mol. The Morgan fingerprint density at radius 3 is 2.50 bits per heavy atom. The van der Waals surface area contributed by atoms with Crippen molar-refractivity contribution >= 4 is 41.5 Å². The summed E-state index contributed by atoms with van der Waals surface area (Å²) in [4.78, 5) is 19.3. The molecule has 1 aliphatic heterocycles. The Balaban J connectivity index is 0.00000320. The highest BCUT2D eigenvalue weighted by atomic mass is 127. The number of carbonyl (C=O) groups is 1. The summed E-state index contributed by atoms with van der Waals surface area (Å²) in [6.07, 6.45) is 6.66. The van der Waals surface area contributed by atoms with Crippen LogP contribution in [0.1, 0.15) is 57.9 Å². The molecule has 1 aromatic carbocycles. The number of amides is 1. The molecule has 2 aliphatic rings. The van der Waals surface area contributed by atoms with Crippen LogP contribution < -0.4 is 16.0 Å². The Morgan fingerprint density at radius 1 is 1.17 bits per heavy atom. The number of likely N-dealkylation sites (tertiary alicyclic amines) is 1. The van der Waals surface area contributed by atoms with Crippen LogP contribution in [0.3, 0.4) is 0 Å². The van der Waals surface area contributed by atoms with Crippen LogP contribution >= 0.6 is 24.0 Å². The molecule has 7 heteroatoms. The van der Waals surface area contributed by atoms with E-state index in [1.54, 1.807) is 0 Å². The van der Waals surface area contributed by atoms with E-state index in [2.05, 4.69) is 45.8 Å². The van der Waals surface area contributed by atoms with Crippen molar-refractivity contribution in [3.05, 3.63) is 29.8 Å². The number of anilines is 1. The number of hydrogen-bond acceptors (Lipinski definition) is 3. The largest absolute Gasteiger partial charge is 0.354 e. The third-order valence-electron chi connectivity index (χ3n) is 6.20. The van der Waals surface area contributed by atoms with Crippen LogP contribution in [0, 0.1) is 5.92 Å². The molecule has 0 radical (unpaired) electrons. The zero-order valence-electron chi connectivity index (χ0n) is 18.6. The highest BCUT2D eigenvalue weighted by Crippen LogP contribution is 2.26. The van der Waals surface area contributed by atoms with E-state index in [4.69, 9.17) is 0 Å². The topological polar surface area (TPSA) is 68.8 Å². The van der Waals surface area contributed by atoms with Gasteiger partial charge in [0.1, 0.15) is 0 Å². The van der Waals surface area contributed by atoms with Gasteiger partial charge in [0.2, 0.25) is 5.91 Å². The molecule has 1 aromatic rings. The average Bonchev–Trinajstić information content (AvgIpc) is 3.27. The fourth-order valence-electron chi connectivity index (χ4n) is 4.33. The van der Waals surface area contributed by atoms with Crippen molar-refractivity contribution in [3.63, 3.8) is 0 Å². The quantitative estimate of drug-likeness (QED) is 0.298. The van der Waals surface area contributed by atoms with E-state index in [-0.39, 0.29) is 35.8 Å². The zero-order chi connectivity index (χ0) is 20.6. The number of piperidine rings is 1. The molecule has 1 aliphatic carbocycles. The van der Waals surface area contributed by atoms with Crippen LogP contribution in [0.5, 0.6) is 0 Å². The molecule has 2 fully saturated rings. The SMILES string of the molecule is CN=C(NCc1cccc(NC(=O)C2CCCC2)c1)NC1CCN(C(C)C)CC1.I. The third kappa shape index (κ3) is 7.41. The molecule has 1 heterocycles. The van der Waals surface area contributed by atoms with E-state index < -0.39 is 0 Å². The Kier molecular flexibility index (Phi) is 10.4. The van der Waals surface area contributed by atoms with Crippen molar-refractivity contribution < 1.29 is 4.79 Å². The number of aliphatic imine (C=N–C) groups is 1. The van der Waals surface area contributed by atoms with E-state index >= 15 is 0 Å². The summed E-state index contributed by atoms with van der Waals surface area (Å²) in [6, 6.07) is 9.18. The predicted molar refractivity (Wildman–Crippen MR) is 136 cm³/mol. The molecule has 0 aromatic heterocycles. The summed E-state index contributed by atoms with van der Waals surface area (Å²) in [7, 11) is 1.82. The predicted octanol–water partition coefficient (Wildman–Crippen LogP) is 3.97. The second-order valence-electron chi connectivity index (χ2n) is 8.65. The van der Waals surface area contributed by atoms with Gasteiger partial charge < -0.3 is 20.9 Å². The third-order valence-corrected chi connectivity index (χ3v) is 6.20. The number of carbonyl (C=O) groups excluding carboxylic acids is 1. The fraction of sp³-hybridized carbons (Fsp3) is 0.652. The first-order valence-electron chi connectivity index (χ1n) is 11.2. The van der Waals surface area contributed by atoms with Crippen molar-refractivity contribution in [2.75, 3.05) is 25.5 Å². The van der Waals surface area contributed by atoms with Crippen molar-refractivity contribution in [2.24, 2.45) is 10.9 Å². The van der Waals surface area contributed by atoms with Gasteiger partial charge in [-0.1, -0.05) is 25.0 Å². The van der Waals surface area contributed by atoms with Gasteiger partial charge in [0.05, 0.1) is 0 Å². The van der Waals surface area contributed by atoms with Gasteiger partial charge in [-0.3, -0.25) is 9.79 Å². The Morgan fingerprint density at radius 2 is 1.87 bits per heavy atom. The molecule has 0 bridgehead atoms. The molecule has 1 saturated carbocycles. The summed E-state index contributed by atoms with van der Waals surface area (Å²) in [5.41, 5.74) is 2.01. The second-order valence-corrected chi connectivity index (χ2v) is 8.65. The molecule has 6 nitrogen and oxygen atoms in total. The number of nitrogens with one attached hydrogen (secondary N) is 3. The fourth-order valence-corrected chi connectivity index (χ4v) is 4.33. The van der Waals surface area contributed by atoms with Crippen molar-refractivity contribution in [1.29, 1.82) is 0 Å². The molecule has 1 amide bonds. The number of halogens is 1. The Labute approximate surface area is 198 Å². The van der Waals surface area contributed by atoms with E-state index in [0.717, 1.165) is 56.0 Å². The summed E-state index contributed by atoms with van der Waals surface area (Å²) >= 11 is 0. The molecule has 30 heavy (non-hydrogen) atoms. The standard InChI is InChI=1S/C23H37N5O.HI/c1-17(2)28-13-11-20(12-14-28)27-23(24-3)25-16-18-7-6-10-21(15-18)26-22(29)19-8-4-5-9-19;/h6-7,10,15,17,19-20H,4-5,8-9,11-14,16H2,1-3H3,(H,26,29)(H2,24,25,27);1H. The van der Waals surface area contributed by atoms with Crippen LogP contribution in [0.25, 0.3) is 0 Å². The van der Waals surface area contributed by atoms with E-state index in [9.17, 15) is 4.79 Å². The minimum atomic E-state index is 0. The highest BCUT2D eigenvalue weighted by molar-refractivity contribution is 14.0. The van der Waals surface area contributed by atoms with Crippen molar-refractivity contribution in [1.82, 2.24) is 15.5 Å². The van der Waals surface area contributed by atoms with Crippen LogP contribution in [0.2, 0.25) is 0 Å². The van der Waals surface area contributed by atoms with E-state index in [1.807, 2.05) is 25.2 Å². The lowest BCUT2D eigenvalue weighted by atomic mass is 10.0. The minimum Gasteiger partial charge on any atom is -0.354 e. The zero-order valence-corrected chi connectivity index (χ0v) is 20.9. The molecule has 0 unspecified atom stereocenters. The normalized spacial score (nSPS) is 18.9. The number of hydrogen-bond donors (Lipinski definition) is 3. The molecule has 3 rings (SSSR count). The summed E-state index contributed by atoms with van der Waals surface area (Å²) in [5.74, 6) is 1.19. The van der Waals surface area contributed by atoms with Gasteiger partial charge in [-0.05, 0) is 57.2 Å². The first kappa shape index (κ1) is 24.9. The van der Waals surface area contributed by atoms with Crippen LogP contribution in [-0.2, 0) is 11.3 Å². The second kappa shape index (κ2) is 12.5. The summed E-state index contributed by atoms with van der Waals surface area (Å²) in [6.45, 7) is 7.47. The van der Waals surface area contributed by atoms with Crippen LogP contribution in [0.15, 0.2) is 29.3 Å². The maximum absolute atomic E-state index is 12.4. The lowest BCUT2D eigenvalue weighted by Crippen LogP contribution is -2.49. The van der Waals surface area contributed by atoms with Crippen LogP contribution in [-0.4, -0.2) is 49.0 Å². The summed E-state index contributed by atoms with van der Waals surface area (Å²) < 4.78 is 0. The maximum Gasteiger partial charge on any atom is 0.227 e. The smallest absolute Gasteiger partial charge is 0.227 e. The Bertz CT molecular complexity index is 695.